The number of thioether (sulfide) groups is 1. The minimum atomic E-state index is -0.343. The van der Waals surface area contributed by atoms with Crippen LogP contribution in [0.2, 0.25) is 10.0 Å². The molecule has 0 spiro atoms. The largest absolute Gasteiger partial charge is 0.399 e. The normalized spacial score (nSPS) is 12.0. The molecule has 1 unspecified atom stereocenters. The number of rotatable bonds is 4. The number of hydrogen-bond donors (Lipinski definition) is 2. The summed E-state index contributed by atoms with van der Waals surface area (Å²) in [6, 6.07) is 8.62. The van der Waals surface area contributed by atoms with Gasteiger partial charge >= 0.3 is 0 Å². The monoisotopic (exact) mass is 341 g/mol. The molecular weight excluding hydrogens is 329 g/mol. The van der Waals surface area contributed by atoms with Crippen LogP contribution in [0.1, 0.15) is 6.92 Å². The highest BCUT2D eigenvalue weighted by Gasteiger charge is 2.18. The van der Waals surface area contributed by atoms with E-state index in [1.54, 1.807) is 25.3 Å². The Morgan fingerprint density at radius 3 is 2.57 bits per heavy atom. The van der Waals surface area contributed by atoms with Crippen molar-refractivity contribution in [1.82, 2.24) is 4.98 Å². The fourth-order valence-corrected chi connectivity index (χ4v) is 2.99. The third-order valence-electron chi connectivity index (χ3n) is 2.62. The number of carbonyl (C=O) groups excluding carboxylic acids is 1. The summed E-state index contributed by atoms with van der Waals surface area (Å²) in [6.45, 7) is 1.79. The summed E-state index contributed by atoms with van der Waals surface area (Å²) in [6.07, 6.45) is 1.68. The van der Waals surface area contributed by atoms with Crippen LogP contribution in [-0.2, 0) is 4.79 Å². The highest BCUT2D eigenvalue weighted by molar-refractivity contribution is 8.00. The molecule has 1 atom stereocenters. The zero-order valence-electron chi connectivity index (χ0n) is 11.1. The second-order valence-electron chi connectivity index (χ2n) is 4.28. The Balaban J connectivity index is 2.08. The fraction of sp³-hybridized carbons (Fsp3) is 0.143. The maximum atomic E-state index is 12.2. The maximum Gasteiger partial charge on any atom is 0.237 e. The highest BCUT2D eigenvalue weighted by atomic mass is 35.5. The predicted octanol–water partition coefficient (Wildman–Crippen LogP) is 4.09. The summed E-state index contributed by atoms with van der Waals surface area (Å²) in [7, 11) is 0. The van der Waals surface area contributed by atoms with Crippen LogP contribution in [-0.4, -0.2) is 16.1 Å². The minimum absolute atomic E-state index is 0.209. The van der Waals surface area contributed by atoms with Gasteiger partial charge in [0.15, 0.2) is 0 Å². The van der Waals surface area contributed by atoms with Crippen LogP contribution in [0.15, 0.2) is 41.6 Å². The highest BCUT2D eigenvalue weighted by Crippen LogP contribution is 2.33. The molecule has 0 aliphatic carbocycles. The molecule has 0 saturated heterocycles. The molecule has 3 N–H and O–H groups in total. The Morgan fingerprint density at radius 1 is 1.33 bits per heavy atom. The number of nitrogens with zero attached hydrogens (tertiary/aromatic N) is 1. The van der Waals surface area contributed by atoms with Crippen molar-refractivity contribution in [3.8, 4) is 0 Å². The van der Waals surface area contributed by atoms with E-state index < -0.39 is 0 Å². The van der Waals surface area contributed by atoms with Gasteiger partial charge in [0, 0.05) is 11.9 Å². The van der Waals surface area contributed by atoms with Gasteiger partial charge in [0.1, 0.15) is 0 Å². The van der Waals surface area contributed by atoms with E-state index in [9.17, 15) is 4.79 Å². The molecule has 4 nitrogen and oxygen atoms in total. The Hall–Kier alpha value is -1.43. The van der Waals surface area contributed by atoms with Crippen molar-refractivity contribution < 1.29 is 4.79 Å². The van der Waals surface area contributed by atoms with E-state index >= 15 is 0 Å². The lowest BCUT2D eigenvalue weighted by molar-refractivity contribution is -0.115. The van der Waals surface area contributed by atoms with E-state index in [0.29, 0.717) is 21.4 Å². The number of nitrogens with one attached hydrogen (secondary N) is 1. The molecule has 0 aliphatic rings. The number of pyridine rings is 1. The molecule has 0 aliphatic heterocycles. The van der Waals surface area contributed by atoms with Crippen LogP contribution in [0.4, 0.5) is 11.4 Å². The summed E-state index contributed by atoms with van der Waals surface area (Å²) >= 11 is 13.4. The van der Waals surface area contributed by atoms with Gasteiger partial charge in [0.05, 0.1) is 26.0 Å². The van der Waals surface area contributed by atoms with Crippen LogP contribution >= 0.6 is 35.0 Å². The average Bonchev–Trinajstić information content (AvgIpc) is 2.43. The predicted molar refractivity (Wildman–Crippen MR) is 89.1 cm³/mol. The summed E-state index contributed by atoms with van der Waals surface area (Å²) in [5.74, 6) is -0.209. The van der Waals surface area contributed by atoms with Crippen molar-refractivity contribution in [3.05, 3.63) is 46.6 Å². The SMILES string of the molecule is CC(Sc1ccccn1)C(=O)Nc1c(Cl)cc(N)cc1Cl. The van der Waals surface area contributed by atoms with E-state index in [2.05, 4.69) is 10.3 Å². The topological polar surface area (TPSA) is 68.0 Å². The third kappa shape index (κ3) is 4.27. The number of aromatic nitrogens is 1. The Bertz CT molecular complexity index is 629. The Kier molecular flexibility index (Phi) is 5.33. The van der Waals surface area contributed by atoms with Crippen LogP contribution in [0.3, 0.4) is 0 Å². The Labute approximate surface area is 137 Å². The van der Waals surface area contributed by atoms with Gasteiger partial charge < -0.3 is 11.1 Å². The average molecular weight is 342 g/mol. The molecule has 7 heteroatoms. The Morgan fingerprint density at radius 2 is 2.00 bits per heavy atom. The van der Waals surface area contributed by atoms with Crippen molar-refractivity contribution in [2.45, 2.75) is 17.2 Å². The minimum Gasteiger partial charge on any atom is -0.399 e. The van der Waals surface area contributed by atoms with Crippen molar-refractivity contribution in [3.63, 3.8) is 0 Å². The molecule has 21 heavy (non-hydrogen) atoms. The van der Waals surface area contributed by atoms with E-state index in [1.165, 1.54) is 11.8 Å². The second-order valence-corrected chi connectivity index (χ2v) is 6.45. The van der Waals surface area contributed by atoms with Crippen molar-refractivity contribution in [2.75, 3.05) is 11.1 Å². The first-order chi connectivity index (χ1) is 9.97. The number of nitrogen functional groups attached to an aromatic ring is 1. The summed E-state index contributed by atoms with van der Waals surface area (Å²) < 4.78 is 0. The van der Waals surface area contributed by atoms with Gasteiger partial charge in [-0.15, -0.1) is 0 Å². The smallest absolute Gasteiger partial charge is 0.237 e. The van der Waals surface area contributed by atoms with E-state index in [4.69, 9.17) is 28.9 Å². The van der Waals surface area contributed by atoms with Gasteiger partial charge in [-0.1, -0.05) is 41.0 Å². The van der Waals surface area contributed by atoms with Crippen molar-refractivity contribution >= 4 is 52.2 Å². The molecule has 2 aromatic rings. The zero-order valence-corrected chi connectivity index (χ0v) is 13.5. The quantitative estimate of drug-likeness (QED) is 0.649. The fourth-order valence-electron chi connectivity index (χ4n) is 1.59. The molecule has 0 bridgehead atoms. The van der Waals surface area contributed by atoms with Crippen molar-refractivity contribution in [2.24, 2.45) is 0 Å². The van der Waals surface area contributed by atoms with E-state index in [-0.39, 0.29) is 11.2 Å². The van der Waals surface area contributed by atoms with Gasteiger partial charge in [-0.25, -0.2) is 4.98 Å². The molecule has 0 saturated carbocycles. The van der Waals surface area contributed by atoms with Gasteiger partial charge in [-0.05, 0) is 31.2 Å². The molecule has 1 aromatic carbocycles. The first kappa shape index (κ1) is 15.9. The van der Waals surface area contributed by atoms with Crippen LogP contribution in [0.5, 0.6) is 0 Å². The molecule has 0 radical (unpaired) electrons. The third-order valence-corrected chi connectivity index (χ3v) is 4.26. The number of amides is 1. The molecule has 1 heterocycles. The lowest BCUT2D eigenvalue weighted by Crippen LogP contribution is -2.23. The number of anilines is 2. The van der Waals surface area contributed by atoms with Gasteiger partial charge in [0.2, 0.25) is 5.91 Å². The van der Waals surface area contributed by atoms with Gasteiger partial charge in [-0.2, -0.15) is 0 Å². The molecule has 1 aromatic heterocycles. The number of hydrogen-bond acceptors (Lipinski definition) is 4. The van der Waals surface area contributed by atoms with Crippen LogP contribution in [0, 0.1) is 0 Å². The summed E-state index contributed by atoms with van der Waals surface area (Å²) in [4.78, 5) is 16.4. The molecule has 110 valence electrons. The number of nitrogens with two attached hydrogens (primary N) is 1. The zero-order chi connectivity index (χ0) is 15.4. The van der Waals surface area contributed by atoms with Crippen LogP contribution in [0.25, 0.3) is 0 Å². The molecule has 0 fully saturated rings. The van der Waals surface area contributed by atoms with Crippen molar-refractivity contribution in [1.29, 1.82) is 0 Å². The second kappa shape index (κ2) is 7.02. The number of benzene rings is 1. The van der Waals surface area contributed by atoms with Gasteiger partial charge in [0.25, 0.3) is 0 Å². The standard InChI is InChI=1S/C14H13Cl2N3OS/c1-8(21-12-4-2-3-5-18-12)14(20)19-13-10(15)6-9(17)7-11(13)16/h2-8H,17H2,1H3,(H,19,20). The first-order valence-corrected chi connectivity index (χ1v) is 7.74. The van der Waals surface area contributed by atoms with Crippen LogP contribution < -0.4 is 11.1 Å². The first-order valence-electron chi connectivity index (χ1n) is 6.10. The summed E-state index contributed by atoms with van der Waals surface area (Å²) in [5.41, 5.74) is 6.44. The van der Waals surface area contributed by atoms with E-state index in [0.717, 1.165) is 5.03 Å². The van der Waals surface area contributed by atoms with E-state index in [1.807, 2.05) is 18.2 Å². The number of halogens is 2. The lowest BCUT2D eigenvalue weighted by atomic mass is 10.2. The lowest BCUT2D eigenvalue weighted by Gasteiger charge is -2.14. The molecule has 2 rings (SSSR count). The molecular formula is C14H13Cl2N3OS. The molecule has 1 amide bonds. The summed E-state index contributed by atoms with van der Waals surface area (Å²) in [5, 5.41) is 3.77. The maximum absolute atomic E-state index is 12.2. The number of carbonyl (C=O) groups is 1. The van der Waals surface area contributed by atoms with Gasteiger partial charge in [-0.3, -0.25) is 4.79 Å².